The van der Waals surface area contributed by atoms with Crippen LogP contribution in [0, 0.1) is 11.3 Å². The van der Waals surface area contributed by atoms with Gasteiger partial charge in [-0.05, 0) is 35.6 Å². The molecule has 1 fully saturated rings. The molecule has 0 radical (unpaired) electrons. The van der Waals surface area contributed by atoms with Crippen LogP contribution >= 0.6 is 0 Å². The summed E-state index contributed by atoms with van der Waals surface area (Å²) < 4.78 is 0. The van der Waals surface area contributed by atoms with Crippen LogP contribution < -0.4 is 16.6 Å². The third-order valence-corrected chi connectivity index (χ3v) is 5.17. The fourth-order valence-electron chi connectivity index (χ4n) is 3.50. The maximum atomic E-state index is 12.5. The number of H-pyrrole nitrogens is 1. The van der Waals surface area contributed by atoms with Gasteiger partial charge in [-0.15, -0.1) is 0 Å². The van der Waals surface area contributed by atoms with Crippen molar-refractivity contribution in [2.24, 2.45) is 5.73 Å². The molecule has 0 bridgehead atoms. The molecule has 2 aromatic rings. The summed E-state index contributed by atoms with van der Waals surface area (Å²) in [4.78, 5) is 26.3. The van der Waals surface area contributed by atoms with Crippen LogP contribution in [0.4, 0.5) is 0 Å². The molecule has 4 N–H and O–H groups in total. The lowest BCUT2D eigenvalue weighted by Gasteiger charge is -2.32. The van der Waals surface area contributed by atoms with E-state index in [0.29, 0.717) is 19.3 Å². The van der Waals surface area contributed by atoms with Crippen LogP contribution in [0.25, 0.3) is 11.1 Å². The summed E-state index contributed by atoms with van der Waals surface area (Å²) in [5.41, 5.74) is 8.09. The number of aromatic nitrogens is 1. The van der Waals surface area contributed by atoms with Gasteiger partial charge in [0, 0.05) is 18.7 Å². The summed E-state index contributed by atoms with van der Waals surface area (Å²) in [7, 11) is 0. The first-order chi connectivity index (χ1) is 13.0. The van der Waals surface area contributed by atoms with Crippen LogP contribution in [0.15, 0.2) is 47.4 Å². The normalized spacial score (nSPS) is 16.9. The Kier molecular flexibility index (Phi) is 5.72. The summed E-state index contributed by atoms with van der Waals surface area (Å²) in [5.74, 6) is -0.224. The zero-order valence-electron chi connectivity index (χ0n) is 15.2. The fraction of sp³-hybridized carbons (Fsp3) is 0.381. The van der Waals surface area contributed by atoms with E-state index in [1.165, 1.54) is 6.07 Å². The largest absolute Gasteiger partial charge is 0.338 e. The van der Waals surface area contributed by atoms with Gasteiger partial charge >= 0.3 is 0 Å². The maximum absolute atomic E-state index is 12.5. The predicted molar refractivity (Wildman–Crippen MR) is 104 cm³/mol. The van der Waals surface area contributed by atoms with Crippen LogP contribution in [-0.4, -0.2) is 22.5 Å². The van der Waals surface area contributed by atoms with Crippen LogP contribution in [0.1, 0.15) is 37.7 Å². The third-order valence-electron chi connectivity index (χ3n) is 5.17. The molecular formula is C21H24N4O2. The Labute approximate surface area is 158 Å². The Morgan fingerprint density at radius 3 is 2.41 bits per heavy atom. The van der Waals surface area contributed by atoms with Crippen molar-refractivity contribution in [3.05, 3.63) is 58.5 Å². The zero-order valence-corrected chi connectivity index (χ0v) is 15.2. The van der Waals surface area contributed by atoms with Crippen molar-refractivity contribution in [1.29, 1.82) is 5.26 Å². The molecular weight excluding hydrogens is 340 g/mol. The van der Waals surface area contributed by atoms with Crippen molar-refractivity contribution in [2.45, 2.75) is 50.1 Å². The number of rotatable bonds is 5. The average molecular weight is 364 g/mol. The van der Waals surface area contributed by atoms with Crippen LogP contribution in [0.5, 0.6) is 0 Å². The zero-order chi connectivity index (χ0) is 19.3. The van der Waals surface area contributed by atoms with E-state index < -0.39 is 11.6 Å². The summed E-state index contributed by atoms with van der Waals surface area (Å²) in [5, 5.41) is 12.3. The minimum Gasteiger partial charge on any atom is -0.338 e. The van der Waals surface area contributed by atoms with Crippen LogP contribution in [0.2, 0.25) is 0 Å². The molecule has 1 atom stereocenters. The van der Waals surface area contributed by atoms with Gasteiger partial charge in [0.25, 0.3) is 0 Å². The number of nitrogens with one attached hydrogen (secondary N) is 2. The second-order valence-corrected chi connectivity index (χ2v) is 7.21. The minimum atomic E-state index is -0.846. The Morgan fingerprint density at radius 1 is 1.15 bits per heavy atom. The molecule has 27 heavy (non-hydrogen) atoms. The first kappa shape index (κ1) is 18.9. The van der Waals surface area contributed by atoms with Crippen molar-refractivity contribution >= 4 is 5.91 Å². The van der Waals surface area contributed by atoms with E-state index in [4.69, 9.17) is 5.73 Å². The lowest BCUT2D eigenvalue weighted by molar-refractivity contribution is -0.127. The predicted octanol–water partition coefficient (Wildman–Crippen LogP) is 2.25. The summed E-state index contributed by atoms with van der Waals surface area (Å²) >= 11 is 0. The van der Waals surface area contributed by atoms with Crippen molar-refractivity contribution in [2.75, 3.05) is 0 Å². The van der Waals surface area contributed by atoms with Gasteiger partial charge in [0.05, 0.1) is 11.6 Å². The Morgan fingerprint density at radius 2 is 1.81 bits per heavy atom. The molecule has 1 aliphatic rings. The highest BCUT2D eigenvalue weighted by Crippen LogP contribution is 2.26. The van der Waals surface area contributed by atoms with Crippen molar-refractivity contribution in [3.8, 4) is 17.2 Å². The van der Waals surface area contributed by atoms with E-state index in [0.717, 1.165) is 36.0 Å². The number of carbonyl (C=O) groups is 1. The summed E-state index contributed by atoms with van der Waals surface area (Å²) in [6.45, 7) is 0. The number of pyridine rings is 1. The fourth-order valence-corrected chi connectivity index (χ4v) is 3.50. The smallest absolute Gasteiger partial charge is 0.247 e. The number of benzene rings is 1. The number of carbonyl (C=O) groups excluding carboxylic acids is 1. The van der Waals surface area contributed by atoms with E-state index in [-0.39, 0.29) is 11.5 Å². The number of hydrogen-bond donors (Lipinski definition) is 3. The van der Waals surface area contributed by atoms with Gasteiger partial charge in [-0.1, -0.05) is 43.5 Å². The van der Waals surface area contributed by atoms with Gasteiger partial charge in [0.15, 0.2) is 0 Å². The molecule has 1 aromatic carbocycles. The molecule has 1 heterocycles. The van der Waals surface area contributed by atoms with Gasteiger partial charge in [0.1, 0.15) is 6.04 Å². The second kappa shape index (κ2) is 8.19. The quantitative estimate of drug-likeness (QED) is 0.755. The molecule has 0 spiro atoms. The van der Waals surface area contributed by atoms with E-state index in [1.54, 1.807) is 12.3 Å². The molecule has 0 unspecified atom stereocenters. The number of hydrogen-bond acceptors (Lipinski definition) is 4. The molecule has 1 saturated carbocycles. The number of nitrogens with zero attached hydrogens (tertiary/aromatic N) is 1. The van der Waals surface area contributed by atoms with Crippen molar-refractivity contribution in [1.82, 2.24) is 10.3 Å². The highest BCUT2D eigenvalue weighted by atomic mass is 16.2. The van der Waals surface area contributed by atoms with E-state index >= 15 is 0 Å². The SMILES string of the molecule is N#C[C@H](Cc1ccc(-c2ccc(=O)[nH]c2)cc1)NC(=O)C1(N)CCCCC1. The van der Waals surface area contributed by atoms with E-state index in [9.17, 15) is 14.9 Å². The third kappa shape index (κ3) is 4.63. The van der Waals surface area contributed by atoms with Gasteiger partial charge in [-0.25, -0.2) is 0 Å². The lowest BCUT2D eigenvalue weighted by Crippen LogP contribution is -2.57. The summed E-state index contributed by atoms with van der Waals surface area (Å²) in [6.07, 6.45) is 6.44. The van der Waals surface area contributed by atoms with Gasteiger partial charge in [-0.3, -0.25) is 9.59 Å². The number of nitrogens with two attached hydrogens (primary N) is 1. The highest BCUT2D eigenvalue weighted by molar-refractivity contribution is 5.86. The van der Waals surface area contributed by atoms with Crippen LogP contribution in [-0.2, 0) is 11.2 Å². The van der Waals surface area contributed by atoms with E-state index in [2.05, 4.69) is 16.4 Å². The van der Waals surface area contributed by atoms with Crippen molar-refractivity contribution in [3.63, 3.8) is 0 Å². The van der Waals surface area contributed by atoms with Crippen molar-refractivity contribution < 1.29 is 4.79 Å². The first-order valence-corrected chi connectivity index (χ1v) is 9.28. The molecule has 0 aliphatic heterocycles. The number of nitriles is 1. The highest BCUT2D eigenvalue weighted by Gasteiger charge is 2.36. The standard InChI is InChI=1S/C21H24N4O2/c22-13-18(25-20(27)21(23)10-2-1-3-11-21)12-15-4-6-16(7-5-15)17-8-9-19(26)24-14-17/h4-9,14,18H,1-3,10-12,23H2,(H,24,26)(H,25,27)/t18-/m0/s1. The minimum absolute atomic E-state index is 0.140. The van der Waals surface area contributed by atoms with Crippen LogP contribution in [0.3, 0.4) is 0 Å². The Hall–Kier alpha value is -2.91. The number of aromatic amines is 1. The Bertz CT molecular complexity index is 869. The molecule has 1 aliphatic carbocycles. The average Bonchev–Trinajstić information content (AvgIpc) is 2.69. The molecule has 0 saturated heterocycles. The van der Waals surface area contributed by atoms with Gasteiger partial charge in [0.2, 0.25) is 11.5 Å². The molecule has 140 valence electrons. The van der Waals surface area contributed by atoms with E-state index in [1.807, 2.05) is 24.3 Å². The molecule has 1 amide bonds. The van der Waals surface area contributed by atoms with Gasteiger partial charge < -0.3 is 16.0 Å². The maximum Gasteiger partial charge on any atom is 0.247 e. The second-order valence-electron chi connectivity index (χ2n) is 7.21. The molecule has 6 nitrogen and oxygen atoms in total. The number of amides is 1. The van der Waals surface area contributed by atoms with Gasteiger partial charge in [-0.2, -0.15) is 5.26 Å². The summed E-state index contributed by atoms with van der Waals surface area (Å²) in [6, 6.07) is 12.5. The monoisotopic (exact) mass is 364 g/mol. The topological polar surface area (TPSA) is 112 Å². The first-order valence-electron chi connectivity index (χ1n) is 9.28. The molecule has 6 heteroatoms. The molecule has 3 rings (SSSR count). The Balaban J connectivity index is 1.64. The molecule has 1 aromatic heterocycles. The lowest BCUT2D eigenvalue weighted by atomic mass is 9.81.